The van der Waals surface area contributed by atoms with Crippen molar-refractivity contribution in [1.29, 1.82) is 0 Å². The van der Waals surface area contributed by atoms with Crippen LogP contribution in [0.2, 0.25) is 0 Å². The van der Waals surface area contributed by atoms with Crippen molar-refractivity contribution in [3.63, 3.8) is 0 Å². The first-order chi connectivity index (χ1) is 4.43. The van der Waals surface area contributed by atoms with E-state index in [-0.39, 0.29) is 0 Å². The number of rotatable bonds is 1. The van der Waals surface area contributed by atoms with Crippen molar-refractivity contribution in [1.82, 2.24) is 0 Å². The molecule has 1 aliphatic heterocycles. The number of carbonyl (C=O) groups is 1. The van der Waals surface area contributed by atoms with Gasteiger partial charge in [-0.15, -0.1) is 0 Å². The number of hydrogen-bond acceptors (Lipinski definition) is 2. The number of allylic oxidation sites excluding steroid dienone is 5. The lowest BCUT2D eigenvalue weighted by Gasteiger charge is -1.91. The molecule has 0 radical (unpaired) electrons. The summed E-state index contributed by atoms with van der Waals surface area (Å²) in [6, 6.07) is 0. The monoisotopic (exact) mass is 122 g/mol. The molecule has 0 saturated heterocycles. The van der Waals surface area contributed by atoms with Gasteiger partial charge in [0.15, 0.2) is 12.0 Å². The molecule has 0 saturated carbocycles. The van der Waals surface area contributed by atoms with Crippen LogP contribution in [-0.4, -0.2) is 6.29 Å². The fraction of sp³-hybridized carbons (Fsp3) is 0. The highest BCUT2D eigenvalue weighted by atomic mass is 16.5. The maximum absolute atomic E-state index is 10.1. The second kappa shape index (κ2) is 2.87. The molecule has 0 aromatic rings. The van der Waals surface area contributed by atoms with Crippen molar-refractivity contribution >= 4 is 6.29 Å². The van der Waals surface area contributed by atoms with Crippen LogP contribution in [-0.2, 0) is 9.53 Å². The number of hydrogen-bond donors (Lipinski definition) is 0. The molecule has 9 heavy (non-hydrogen) atoms. The Kier molecular flexibility index (Phi) is 1.85. The van der Waals surface area contributed by atoms with E-state index in [1.807, 2.05) is 0 Å². The average molecular weight is 122 g/mol. The van der Waals surface area contributed by atoms with Gasteiger partial charge in [0.2, 0.25) is 0 Å². The molecule has 1 heterocycles. The van der Waals surface area contributed by atoms with E-state index in [1.54, 1.807) is 24.3 Å². The predicted molar refractivity (Wildman–Crippen MR) is 33.5 cm³/mol. The van der Waals surface area contributed by atoms with E-state index in [9.17, 15) is 4.79 Å². The van der Waals surface area contributed by atoms with E-state index in [4.69, 9.17) is 4.74 Å². The fourth-order valence-electron chi connectivity index (χ4n) is 0.484. The molecular weight excluding hydrogens is 116 g/mol. The van der Waals surface area contributed by atoms with Crippen LogP contribution in [0.3, 0.4) is 0 Å². The molecule has 2 heteroatoms. The average Bonchev–Trinajstić information content (AvgIpc) is 2.13. The highest BCUT2D eigenvalue weighted by Gasteiger charge is 1.90. The molecule has 46 valence electrons. The topological polar surface area (TPSA) is 26.3 Å². The summed E-state index contributed by atoms with van der Waals surface area (Å²) in [4.78, 5) is 10.1. The van der Waals surface area contributed by atoms with Crippen molar-refractivity contribution in [3.05, 3.63) is 36.3 Å². The van der Waals surface area contributed by atoms with Gasteiger partial charge in [0.1, 0.15) is 0 Å². The van der Waals surface area contributed by atoms with Crippen LogP contribution in [0.15, 0.2) is 36.3 Å². The summed E-state index contributed by atoms with van der Waals surface area (Å²) in [6.45, 7) is 0. The van der Waals surface area contributed by atoms with E-state index < -0.39 is 0 Å². The highest BCUT2D eigenvalue weighted by molar-refractivity contribution is 5.71. The lowest BCUT2D eigenvalue weighted by atomic mass is 10.4. The Balaban J connectivity index is 2.73. The lowest BCUT2D eigenvalue weighted by molar-refractivity contribution is -0.107. The van der Waals surface area contributed by atoms with Gasteiger partial charge in [0.25, 0.3) is 0 Å². The van der Waals surface area contributed by atoms with Gasteiger partial charge in [0, 0.05) is 0 Å². The van der Waals surface area contributed by atoms with Gasteiger partial charge in [-0.2, -0.15) is 0 Å². The van der Waals surface area contributed by atoms with E-state index in [0.717, 1.165) is 0 Å². The minimum absolute atomic E-state index is 0.333. The summed E-state index contributed by atoms with van der Waals surface area (Å²) in [5, 5.41) is 0. The summed E-state index contributed by atoms with van der Waals surface area (Å²) in [5.41, 5.74) is 0. The molecule has 0 N–H and O–H groups in total. The van der Waals surface area contributed by atoms with Crippen LogP contribution >= 0.6 is 0 Å². The second-order valence-corrected chi connectivity index (χ2v) is 1.52. The first kappa shape index (κ1) is 5.82. The quantitative estimate of drug-likeness (QED) is 0.488. The van der Waals surface area contributed by atoms with Crippen molar-refractivity contribution in [2.75, 3.05) is 0 Å². The number of aldehydes is 1. The standard InChI is InChI=1S/C7H6O2/c8-6-7-4-2-1-3-5-9-7/h1-6H. The van der Waals surface area contributed by atoms with E-state index in [2.05, 4.69) is 0 Å². The molecular formula is C7H6O2. The van der Waals surface area contributed by atoms with E-state index in [1.165, 1.54) is 6.26 Å². The molecule has 0 aromatic carbocycles. The Bertz CT molecular complexity index is 187. The van der Waals surface area contributed by atoms with Crippen molar-refractivity contribution in [3.8, 4) is 0 Å². The molecule has 1 rings (SSSR count). The van der Waals surface area contributed by atoms with Gasteiger partial charge < -0.3 is 4.74 Å². The lowest BCUT2D eigenvalue weighted by Crippen LogP contribution is -1.83. The molecule has 0 spiro atoms. The van der Waals surface area contributed by atoms with Crippen LogP contribution in [0, 0.1) is 0 Å². The molecule has 0 aromatic heterocycles. The Labute approximate surface area is 53.1 Å². The van der Waals surface area contributed by atoms with Gasteiger partial charge in [-0.3, -0.25) is 4.79 Å². The zero-order valence-electron chi connectivity index (χ0n) is 4.78. The summed E-state index contributed by atoms with van der Waals surface area (Å²) in [5.74, 6) is 0.333. The third-order valence-electron chi connectivity index (χ3n) is 0.882. The molecule has 1 aliphatic rings. The van der Waals surface area contributed by atoms with Crippen LogP contribution in [0.4, 0.5) is 0 Å². The first-order valence-corrected chi connectivity index (χ1v) is 2.59. The molecule has 0 bridgehead atoms. The zero-order valence-corrected chi connectivity index (χ0v) is 4.78. The van der Waals surface area contributed by atoms with Gasteiger partial charge in [-0.25, -0.2) is 0 Å². The van der Waals surface area contributed by atoms with Crippen LogP contribution in [0.5, 0.6) is 0 Å². The van der Waals surface area contributed by atoms with Gasteiger partial charge in [0.05, 0.1) is 6.26 Å². The minimum Gasteiger partial charge on any atom is -0.462 e. The summed E-state index contributed by atoms with van der Waals surface area (Å²) in [6.07, 6.45) is 8.98. The zero-order chi connectivity index (χ0) is 6.53. The smallest absolute Gasteiger partial charge is 0.185 e. The molecule has 0 aliphatic carbocycles. The maximum Gasteiger partial charge on any atom is 0.185 e. The minimum atomic E-state index is 0.333. The Morgan fingerprint density at radius 2 is 2.22 bits per heavy atom. The second-order valence-electron chi connectivity index (χ2n) is 1.52. The SMILES string of the molecule is O=CC1=CC=CC=CO1. The third kappa shape index (κ3) is 1.57. The fourth-order valence-corrected chi connectivity index (χ4v) is 0.484. The predicted octanol–water partition coefficient (Wildman–Crippen LogP) is 1.17. The normalized spacial score (nSPS) is 15.8. The van der Waals surface area contributed by atoms with Crippen molar-refractivity contribution in [2.45, 2.75) is 0 Å². The maximum atomic E-state index is 10.1. The van der Waals surface area contributed by atoms with Crippen molar-refractivity contribution < 1.29 is 9.53 Å². The number of ether oxygens (including phenoxy) is 1. The molecule has 0 amide bonds. The molecule has 0 fully saturated rings. The highest BCUT2D eigenvalue weighted by Crippen LogP contribution is 1.98. The van der Waals surface area contributed by atoms with E-state index >= 15 is 0 Å². The van der Waals surface area contributed by atoms with Crippen molar-refractivity contribution in [2.24, 2.45) is 0 Å². The van der Waals surface area contributed by atoms with Crippen LogP contribution in [0.1, 0.15) is 0 Å². The van der Waals surface area contributed by atoms with Crippen LogP contribution < -0.4 is 0 Å². The Morgan fingerprint density at radius 1 is 1.33 bits per heavy atom. The summed E-state index contributed by atoms with van der Waals surface area (Å²) < 4.78 is 4.80. The van der Waals surface area contributed by atoms with Gasteiger partial charge >= 0.3 is 0 Å². The van der Waals surface area contributed by atoms with Crippen LogP contribution in [0.25, 0.3) is 0 Å². The number of carbonyl (C=O) groups excluding carboxylic acids is 1. The Morgan fingerprint density at radius 3 is 3.00 bits per heavy atom. The Hall–Kier alpha value is -1.31. The molecule has 0 atom stereocenters. The van der Waals surface area contributed by atoms with E-state index in [0.29, 0.717) is 12.0 Å². The van der Waals surface area contributed by atoms with Gasteiger partial charge in [-0.05, 0) is 12.2 Å². The molecule has 0 unspecified atom stereocenters. The largest absolute Gasteiger partial charge is 0.462 e. The summed E-state index contributed by atoms with van der Waals surface area (Å²) >= 11 is 0. The third-order valence-corrected chi connectivity index (χ3v) is 0.882. The molecule has 2 nitrogen and oxygen atoms in total. The summed E-state index contributed by atoms with van der Waals surface area (Å²) in [7, 11) is 0. The first-order valence-electron chi connectivity index (χ1n) is 2.59. The van der Waals surface area contributed by atoms with Gasteiger partial charge in [-0.1, -0.05) is 12.2 Å².